The summed E-state index contributed by atoms with van der Waals surface area (Å²) in [7, 11) is 0. The minimum absolute atomic E-state index is 0.0765. The van der Waals surface area contributed by atoms with Crippen molar-refractivity contribution in [2.24, 2.45) is 0 Å². The number of aliphatic hydroxyl groups excluding tert-OH is 1. The first-order valence-corrected chi connectivity index (χ1v) is 12.9. The van der Waals surface area contributed by atoms with E-state index in [9.17, 15) is 19.1 Å². The lowest BCUT2D eigenvalue weighted by atomic mass is 9.95. The molecule has 188 valence electrons. The summed E-state index contributed by atoms with van der Waals surface area (Å²) in [5, 5.41) is 11.6. The number of fused-ring (bicyclic) bond motifs is 1. The second kappa shape index (κ2) is 10.1. The second-order valence-electron chi connectivity index (χ2n) is 8.75. The quantitative estimate of drug-likeness (QED) is 0.174. The number of thiazole rings is 1. The van der Waals surface area contributed by atoms with Crippen molar-refractivity contribution in [3.8, 4) is 5.75 Å². The van der Waals surface area contributed by atoms with E-state index in [1.807, 2.05) is 25.1 Å². The highest BCUT2D eigenvalue weighted by molar-refractivity contribution is 7.22. The third-order valence-corrected chi connectivity index (χ3v) is 7.30. The first-order valence-electron chi connectivity index (χ1n) is 12.1. The van der Waals surface area contributed by atoms with Crippen LogP contribution in [0.3, 0.4) is 0 Å². The zero-order valence-electron chi connectivity index (χ0n) is 20.4. The van der Waals surface area contributed by atoms with Crippen molar-refractivity contribution in [1.82, 2.24) is 4.98 Å². The summed E-state index contributed by atoms with van der Waals surface area (Å²) in [4.78, 5) is 32.8. The molecular formula is C29H25FN2O4S. The Morgan fingerprint density at radius 3 is 2.46 bits per heavy atom. The zero-order valence-corrected chi connectivity index (χ0v) is 21.2. The van der Waals surface area contributed by atoms with Crippen LogP contribution in [0.1, 0.15) is 43.0 Å². The average molecular weight is 517 g/mol. The largest absolute Gasteiger partial charge is 0.507 e. The SMILES string of the molecule is CCCOc1ccc(C2/C(=C(\O)c3ccc(F)cc3)C(=O)C(=O)N2c2nc3ccc(CC)cc3s2)cc1. The topological polar surface area (TPSA) is 79.7 Å². The smallest absolute Gasteiger partial charge is 0.301 e. The van der Waals surface area contributed by atoms with Gasteiger partial charge in [0.25, 0.3) is 5.78 Å². The van der Waals surface area contributed by atoms with Crippen LogP contribution in [0.2, 0.25) is 0 Å². The Balaban J connectivity index is 1.66. The van der Waals surface area contributed by atoms with Crippen molar-refractivity contribution in [3.05, 3.63) is 94.8 Å². The van der Waals surface area contributed by atoms with E-state index in [1.54, 1.807) is 24.3 Å². The van der Waals surface area contributed by atoms with Gasteiger partial charge in [0, 0.05) is 5.56 Å². The summed E-state index contributed by atoms with van der Waals surface area (Å²) >= 11 is 1.32. The molecule has 4 aromatic rings. The third kappa shape index (κ3) is 4.60. The van der Waals surface area contributed by atoms with E-state index in [4.69, 9.17) is 4.74 Å². The molecular weight excluding hydrogens is 491 g/mol. The molecule has 1 fully saturated rings. The van der Waals surface area contributed by atoms with Crippen LogP contribution in [0.15, 0.2) is 72.3 Å². The number of ether oxygens (including phenoxy) is 1. The fourth-order valence-corrected chi connectivity index (χ4v) is 5.41. The van der Waals surface area contributed by atoms with Crippen molar-refractivity contribution < 1.29 is 23.8 Å². The number of aliphatic hydroxyl groups is 1. The number of nitrogens with zero attached hydrogens (tertiary/aromatic N) is 2. The number of halogens is 1. The maximum absolute atomic E-state index is 13.5. The van der Waals surface area contributed by atoms with E-state index >= 15 is 0 Å². The van der Waals surface area contributed by atoms with Crippen LogP contribution in [-0.2, 0) is 16.0 Å². The monoisotopic (exact) mass is 516 g/mol. The van der Waals surface area contributed by atoms with E-state index in [0.717, 1.165) is 28.6 Å². The molecule has 37 heavy (non-hydrogen) atoms. The molecule has 1 aliphatic heterocycles. The molecule has 1 amide bonds. The molecule has 1 aliphatic rings. The predicted octanol–water partition coefficient (Wildman–Crippen LogP) is 6.41. The highest BCUT2D eigenvalue weighted by Gasteiger charge is 2.48. The molecule has 3 aromatic carbocycles. The molecule has 0 aliphatic carbocycles. The lowest BCUT2D eigenvalue weighted by molar-refractivity contribution is -0.132. The third-order valence-electron chi connectivity index (χ3n) is 6.29. The normalized spacial score (nSPS) is 17.1. The molecule has 0 radical (unpaired) electrons. The highest BCUT2D eigenvalue weighted by Crippen LogP contribution is 2.44. The summed E-state index contributed by atoms with van der Waals surface area (Å²) < 4.78 is 20.1. The molecule has 6 nitrogen and oxygen atoms in total. The van der Waals surface area contributed by atoms with Gasteiger partial charge in [0.2, 0.25) is 0 Å². The minimum Gasteiger partial charge on any atom is -0.507 e. The van der Waals surface area contributed by atoms with Gasteiger partial charge in [0.1, 0.15) is 17.3 Å². The molecule has 1 atom stereocenters. The maximum atomic E-state index is 13.5. The summed E-state index contributed by atoms with van der Waals surface area (Å²) in [6.45, 7) is 4.64. The number of carbonyl (C=O) groups is 2. The summed E-state index contributed by atoms with van der Waals surface area (Å²) in [6, 6.07) is 17.2. The number of Topliss-reactive ketones (excluding diaryl/α,β-unsaturated/α-hetero) is 1. The van der Waals surface area contributed by atoms with Crippen LogP contribution in [0.25, 0.3) is 16.0 Å². The van der Waals surface area contributed by atoms with E-state index in [0.29, 0.717) is 23.1 Å². The van der Waals surface area contributed by atoms with Gasteiger partial charge in [-0.05, 0) is 72.5 Å². The Morgan fingerprint density at radius 1 is 1.05 bits per heavy atom. The van der Waals surface area contributed by atoms with E-state index in [-0.39, 0.29) is 16.9 Å². The van der Waals surface area contributed by atoms with E-state index in [1.165, 1.54) is 40.5 Å². The van der Waals surface area contributed by atoms with Crippen molar-refractivity contribution in [2.45, 2.75) is 32.7 Å². The molecule has 5 rings (SSSR count). The zero-order chi connectivity index (χ0) is 26.1. The number of hydrogen-bond acceptors (Lipinski definition) is 6. The fraction of sp³-hybridized carbons (Fsp3) is 0.207. The number of amides is 1. The van der Waals surface area contributed by atoms with E-state index < -0.39 is 23.5 Å². The molecule has 8 heteroatoms. The Kier molecular flexibility index (Phi) is 6.76. The highest BCUT2D eigenvalue weighted by atomic mass is 32.1. The Bertz CT molecular complexity index is 1510. The Hall–Kier alpha value is -4.04. The summed E-state index contributed by atoms with van der Waals surface area (Å²) in [6.07, 6.45) is 1.72. The fourth-order valence-electron chi connectivity index (χ4n) is 4.35. The van der Waals surface area contributed by atoms with Gasteiger partial charge < -0.3 is 9.84 Å². The van der Waals surface area contributed by atoms with Crippen LogP contribution in [-0.4, -0.2) is 28.4 Å². The number of aryl methyl sites for hydroxylation is 1. The van der Waals surface area contributed by atoms with Crippen molar-refractivity contribution in [3.63, 3.8) is 0 Å². The van der Waals surface area contributed by atoms with Gasteiger partial charge in [0.05, 0.1) is 28.4 Å². The van der Waals surface area contributed by atoms with Crippen LogP contribution in [0.5, 0.6) is 5.75 Å². The first kappa shape index (κ1) is 24.6. The van der Waals surface area contributed by atoms with Gasteiger partial charge in [-0.3, -0.25) is 14.5 Å². The van der Waals surface area contributed by atoms with Crippen LogP contribution in [0, 0.1) is 5.82 Å². The molecule has 1 saturated heterocycles. The number of ketones is 1. The predicted molar refractivity (Wildman–Crippen MR) is 142 cm³/mol. The van der Waals surface area contributed by atoms with Crippen LogP contribution < -0.4 is 9.64 Å². The number of rotatable bonds is 7. The number of anilines is 1. The number of aromatic nitrogens is 1. The van der Waals surface area contributed by atoms with Gasteiger partial charge in [-0.1, -0.05) is 43.4 Å². The molecule has 0 bridgehead atoms. The molecule has 1 aromatic heterocycles. The molecule has 0 saturated carbocycles. The Morgan fingerprint density at radius 2 is 1.78 bits per heavy atom. The van der Waals surface area contributed by atoms with Gasteiger partial charge in [-0.25, -0.2) is 9.37 Å². The van der Waals surface area contributed by atoms with Crippen molar-refractivity contribution >= 4 is 44.1 Å². The van der Waals surface area contributed by atoms with E-state index in [2.05, 4.69) is 11.9 Å². The van der Waals surface area contributed by atoms with Gasteiger partial charge >= 0.3 is 5.91 Å². The number of hydrogen-bond donors (Lipinski definition) is 1. The molecule has 0 spiro atoms. The van der Waals surface area contributed by atoms with Crippen LogP contribution in [0.4, 0.5) is 9.52 Å². The van der Waals surface area contributed by atoms with Gasteiger partial charge in [-0.15, -0.1) is 0 Å². The second-order valence-corrected chi connectivity index (χ2v) is 9.75. The first-order chi connectivity index (χ1) is 17.9. The van der Waals surface area contributed by atoms with Gasteiger partial charge in [0.15, 0.2) is 5.13 Å². The van der Waals surface area contributed by atoms with Crippen LogP contribution >= 0.6 is 11.3 Å². The van der Waals surface area contributed by atoms with Crippen molar-refractivity contribution in [2.75, 3.05) is 11.5 Å². The minimum atomic E-state index is -0.920. The Labute approximate surface area is 217 Å². The standard InChI is InChI=1S/C29H25FN2O4S/c1-3-15-36-21-12-8-18(9-13-21)25-24(26(33)19-6-10-20(30)11-7-19)27(34)28(35)32(25)29-31-22-14-5-17(4-2)16-23(22)37-29/h5-14,16,25,33H,3-4,15H2,1-2H3/b26-24+. The van der Waals surface area contributed by atoms with Crippen molar-refractivity contribution in [1.29, 1.82) is 0 Å². The molecule has 1 N–H and O–H groups in total. The van der Waals surface area contributed by atoms with Gasteiger partial charge in [-0.2, -0.15) is 0 Å². The maximum Gasteiger partial charge on any atom is 0.301 e. The summed E-state index contributed by atoms with van der Waals surface area (Å²) in [5.41, 5.74) is 2.64. The number of benzene rings is 3. The lowest BCUT2D eigenvalue weighted by Gasteiger charge is -2.23. The lowest BCUT2D eigenvalue weighted by Crippen LogP contribution is -2.29. The molecule has 1 unspecified atom stereocenters. The average Bonchev–Trinajstić information content (AvgIpc) is 3.45. The molecule has 2 heterocycles. The summed E-state index contributed by atoms with van der Waals surface area (Å²) in [5.74, 6) is -1.79. The number of carbonyl (C=O) groups excluding carboxylic acids is 2.